The van der Waals surface area contributed by atoms with Crippen molar-refractivity contribution in [2.24, 2.45) is 5.92 Å². The van der Waals surface area contributed by atoms with Crippen LogP contribution in [0.25, 0.3) is 0 Å². The Balaban J connectivity index is 1.38. The molecule has 0 bridgehead atoms. The first kappa shape index (κ1) is 23.6. The number of nitriles is 1. The summed E-state index contributed by atoms with van der Waals surface area (Å²) in [7, 11) is 0. The minimum absolute atomic E-state index is 0.0328. The lowest BCUT2D eigenvalue weighted by molar-refractivity contribution is -0.134. The predicted molar refractivity (Wildman–Crippen MR) is 115 cm³/mol. The maximum absolute atomic E-state index is 13.2. The van der Waals surface area contributed by atoms with Gasteiger partial charge in [0.05, 0.1) is 18.2 Å². The van der Waals surface area contributed by atoms with Crippen LogP contribution in [0.5, 0.6) is 0 Å². The summed E-state index contributed by atoms with van der Waals surface area (Å²) < 4.78 is 27.3. The molecule has 0 unspecified atom stereocenters. The normalized spacial score (nSPS) is 19.6. The van der Waals surface area contributed by atoms with Crippen LogP contribution in [0.4, 0.5) is 8.78 Å². The van der Waals surface area contributed by atoms with E-state index in [2.05, 4.69) is 32.2 Å². The van der Waals surface area contributed by atoms with Crippen LogP contribution in [0.3, 0.4) is 0 Å². The van der Waals surface area contributed by atoms with Crippen LogP contribution in [-0.2, 0) is 16.1 Å². The standard InChI is InChI=1S/C22H27BrF2N4O2/c23-19-2-1-17(13-26)18(12-19)15-28-7-9-29(10-8-28)21(31)14-27-20(30)11-16-3-5-22(24,25)6-4-16/h1-2,12,16H,3-11,14-15H2,(H,27,30). The van der Waals surface area contributed by atoms with E-state index in [0.717, 1.165) is 10.0 Å². The van der Waals surface area contributed by atoms with Crippen molar-refractivity contribution < 1.29 is 18.4 Å². The fraction of sp³-hybridized carbons (Fsp3) is 0.591. The molecular weight excluding hydrogens is 470 g/mol. The van der Waals surface area contributed by atoms with Crippen molar-refractivity contribution in [1.29, 1.82) is 5.26 Å². The number of nitrogens with one attached hydrogen (secondary N) is 1. The summed E-state index contributed by atoms with van der Waals surface area (Å²) in [6, 6.07) is 7.79. The van der Waals surface area contributed by atoms with E-state index in [0.29, 0.717) is 51.1 Å². The topological polar surface area (TPSA) is 76.4 Å². The van der Waals surface area contributed by atoms with Gasteiger partial charge in [-0.05, 0) is 42.5 Å². The molecule has 0 aromatic heterocycles. The van der Waals surface area contributed by atoms with Gasteiger partial charge in [-0.2, -0.15) is 5.26 Å². The molecule has 168 valence electrons. The van der Waals surface area contributed by atoms with Crippen LogP contribution < -0.4 is 5.32 Å². The largest absolute Gasteiger partial charge is 0.347 e. The zero-order valence-corrected chi connectivity index (χ0v) is 19.0. The summed E-state index contributed by atoms with van der Waals surface area (Å²) in [5.74, 6) is -3.02. The van der Waals surface area contributed by atoms with Gasteiger partial charge < -0.3 is 10.2 Å². The number of carbonyl (C=O) groups is 2. The summed E-state index contributed by atoms with van der Waals surface area (Å²) in [5, 5.41) is 11.9. The molecule has 2 aliphatic rings. The van der Waals surface area contributed by atoms with E-state index in [4.69, 9.17) is 0 Å². The first-order valence-electron chi connectivity index (χ1n) is 10.6. The van der Waals surface area contributed by atoms with Crippen LogP contribution >= 0.6 is 15.9 Å². The zero-order chi connectivity index (χ0) is 22.4. The van der Waals surface area contributed by atoms with Crippen LogP contribution in [0.15, 0.2) is 22.7 Å². The Morgan fingerprint density at radius 1 is 1.19 bits per heavy atom. The second-order valence-corrected chi connectivity index (χ2v) is 9.27. The van der Waals surface area contributed by atoms with Crippen LogP contribution in [0.1, 0.15) is 43.2 Å². The predicted octanol–water partition coefficient (Wildman–Crippen LogP) is 3.30. The number of halogens is 3. The first-order chi connectivity index (χ1) is 14.8. The minimum Gasteiger partial charge on any atom is -0.347 e. The molecule has 31 heavy (non-hydrogen) atoms. The first-order valence-corrected chi connectivity index (χ1v) is 11.4. The molecule has 3 rings (SSSR count). The molecule has 1 aliphatic carbocycles. The fourth-order valence-electron chi connectivity index (χ4n) is 4.12. The van der Waals surface area contributed by atoms with E-state index in [1.54, 1.807) is 11.0 Å². The van der Waals surface area contributed by atoms with Crippen LogP contribution in [-0.4, -0.2) is 60.3 Å². The maximum Gasteiger partial charge on any atom is 0.248 e. The molecule has 0 spiro atoms. The van der Waals surface area contributed by atoms with Crippen LogP contribution in [0.2, 0.25) is 0 Å². The lowest BCUT2D eigenvalue weighted by Gasteiger charge is -2.35. The van der Waals surface area contributed by atoms with E-state index < -0.39 is 5.92 Å². The van der Waals surface area contributed by atoms with E-state index >= 15 is 0 Å². The Morgan fingerprint density at radius 3 is 2.52 bits per heavy atom. The highest BCUT2D eigenvalue weighted by molar-refractivity contribution is 9.10. The average molecular weight is 497 g/mol. The second-order valence-electron chi connectivity index (χ2n) is 8.35. The van der Waals surface area contributed by atoms with Crippen LogP contribution in [0, 0.1) is 17.2 Å². The van der Waals surface area contributed by atoms with Crippen molar-refractivity contribution in [1.82, 2.24) is 15.1 Å². The van der Waals surface area contributed by atoms with Gasteiger partial charge in [0.15, 0.2) is 0 Å². The highest BCUT2D eigenvalue weighted by Gasteiger charge is 2.35. The van der Waals surface area contributed by atoms with E-state index in [1.807, 2.05) is 12.1 Å². The second kappa shape index (κ2) is 10.5. The third-order valence-corrected chi connectivity index (χ3v) is 6.55. The molecule has 1 aromatic rings. The molecule has 1 saturated carbocycles. The summed E-state index contributed by atoms with van der Waals surface area (Å²) in [4.78, 5) is 28.5. The maximum atomic E-state index is 13.2. The van der Waals surface area contributed by atoms with Gasteiger partial charge >= 0.3 is 0 Å². The number of carbonyl (C=O) groups excluding carboxylic acids is 2. The van der Waals surface area contributed by atoms with Crippen molar-refractivity contribution in [2.75, 3.05) is 32.7 Å². The van der Waals surface area contributed by atoms with Gasteiger partial charge in [-0.25, -0.2) is 8.78 Å². The van der Waals surface area contributed by atoms with E-state index in [1.165, 1.54) is 0 Å². The smallest absolute Gasteiger partial charge is 0.248 e. The highest BCUT2D eigenvalue weighted by atomic mass is 79.9. The average Bonchev–Trinajstić information content (AvgIpc) is 2.74. The third-order valence-electron chi connectivity index (χ3n) is 6.05. The summed E-state index contributed by atoms with van der Waals surface area (Å²) in [6.45, 7) is 3.07. The van der Waals surface area contributed by atoms with Crippen molar-refractivity contribution in [3.05, 3.63) is 33.8 Å². The van der Waals surface area contributed by atoms with E-state index in [-0.39, 0.29) is 43.5 Å². The number of piperazine rings is 1. The molecule has 9 heteroatoms. The number of rotatable bonds is 6. The summed E-state index contributed by atoms with van der Waals surface area (Å²) in [5.41, 5.74) is 1.59. The summed E-state index contributed by atoms with van der Waals surface area (Å²) in [6.07, 6.45) is 0.572. The number of benzene rings is 1. The number of hydrogen-bond donors (Lipinski definition) is 1. The Hall–Kier alpha value is -2.05. The number of nitrogens with zero attached hydrogens (tertiary/aromatic N) is 3. The van der Waals surface area contributed by atoms with Gasteiger partial charge in [0, 0.05) is 56.5 Å². The van der Waals surface area contributed by atoms with Gasteiger partial charge in [-0.15, -0.1) is 0 Å². The molecule has 1 heterocycles. The third kappa shape index (κ3) is 6.97. The molecule has 1 aromatic carbocycles. The van der Waals surface area contributed by atoms with E-state index in [9.17, 15) is 23.6 Å². The van der Waals surface area contributed by atoms with Gasteiger partial charge in [0.2, 0.25) is 17.7 Å². The molecule has 1 aliphatic heterocycles. The number of amides is 2. The van der Waals surface area contributed by atoms with Crippen molar-refractivity contribution in [3.8, 4) is 6.07 Å². The molecule has 2 amide bonds. The Bertz CT molecular complexity index is 840. The number of alkyl halides is 2. The Labute approximate surface area is 189 Å². The SMILES string of the molecule is N#Cc1ccc(Br)cc1CN1CCN(C(=O)CNC(=O)CC2CCC(F)(F)CC2)CC1. The van der Waals surface area contributed by atoms with Crippen molar-refractivity contribution in [2.45, 2.75) is 44.6 Å². The van der Waals surface area contributed by atoms with Crippen molar-refractivity contribution >= 4 is 27.7 Å². The van der Waals surface area contributed by atoms with Gasteiger partial charge in [-0.3, -0.25) is 14.5 Å². The molecule has 0 radical (unpaired) electrons. The zero-order valence-electron chi connectivity index (χ0n) is 17.4. The lowest BCUT2D eigenvalue weighted by atomic mass is 9.84. The Morgan fingerprint density at radius 2 is 1.87 bits per heavy atom. The molecule has 1 saturated heterocycles. The molecular formula is C22H27BrF2N4O2. The molecule has 2 fully saturated rings. The van der Waals surface area contributed by atoms with Gasteiger partial charge in [-0.1, -0.05) is 15.9 Å². The molecule has 6 nitrogen and oxygen atoms in total. The lowest BCUT2D eigenvalue weighted by Crippen LogP contribution is -2.51. The molecule has 1 N–H and O–H groups in total. The quantitative estimate of drug-likeness (QED) is 0.655. The minimum atomic E-state index is -2.60. The Kier molecular flexibility index (Phi) is 8.00. The van der Waals surface area contributed by atoms with Crippen molar-refractivity contribution in [3.63, 3.8) is 0 Å². The van der Waals surface area contributed by atoms with Gasteiger partial charge in [0.1, 0.15) is 0 Å². The van der Waals surface area contributed by atoms with Gasteiger partial charge in [0.25, 0.3) is 0 Å². The fourth-order valence-corrected chi connectivity index (χ4v) is 4.53. The highest BCUT2D eigenvalue weighted by Crippen LogP contribution is 2.37. The molecule has 0 atom stereocenters. The summed E-state index contributed by atoms with van der Waals surface area (Å²) >= 11 is 3.44. The monoisotopic (exact) mass is 496 g/mol. The number of hydrogen-bond acceptors (Lipinski definition) is 4.